The molecule has 0 aliphatic carbocycles. The van der Waals surface area contributed by atoms with Crippen LogP contribution in [-0.2, 0) is 6.42 Å². The molecule has 0 aromatic carbocycles. The van der Waals surface area contributed by atoms with Gasteiger partial charge in [0.1, 0.15) is 5.69 Å². The van der Waals surface area contributed by atoms with Crippen LogP contribution in [0.1, 0.15) is 12.1 Å². The third-order valence-electron chi connectivity index (χ3n) is 2.14. The van der Waals surface area contributed by atoms with Crippen LogP contribution in [0, 0.1) is 0 Å². The van der Waals surface area contributed by atoms with Gasteiger partial charge in [0.05, 0.1) is 5.69 Å². The molecule has 15 heavy (non-hydrogen) atoms. The lowest BCUT2D eigenvalue weighted by molar-refractivity contribution is 0.872. The van der Waals surface area contributed by atoms with Crippen LogP contribution in [0.25, 0.3) is 11.4 Å². The lowest BCUT2D eigenvalue weighted by atomic mass is 10.2. The molecule has 0 aliphatic rings. The Morgan fingerprint density at radius 3 is 2.93 bits per heavy atom. The van der Waals surface area contributed by atoms with Crippen molar-refractivity contribution in [1.29, 1.82) is 0 Å². The number of halogens is 1. The Morgan fingerprint density at radius 2 is 2.20 bits per heavy atom. The molecule has 0 amide bonds. The number of hydrogen-bond donors (Lipinski definition) is 1. The van der Waals surface area contributed by atoms with E-state index in [-0.39, 0.29) is 0 Å². The Balaban J connectivity index is 2.14. The summed E-state index contributed by atoms with van der Waals surface area (Å²) in [6, 6.07) is 7.82. The van der Waals surface area contributed by atoms with Gasteiger partial charge in [-0.3, -0.25) is 10.1 Å². The fourth-order valence-electron chi connectivity index (χ4n) is 1.39. The first-order valence-corrected chi connectivity index (χ1v) is 5.45. The summed E-state index contributed by atoms with van der Waals surface area (Å²) in [6.45, 7) is 0. The molecule has 2 aromatic rings. The number of aromatic nitrogens is 3. The first-order chi connectivity index (χ1) is 7.40. The number of pyridine rings is 1. The maximum atomic E-state index is 5.63. The number of nitrogens with one attached hydrogen (secondary N) is 1. The summed E-state index contributed by atoms with van der Waals surface area (Å²) >= 11 is 5.63. The Labute approximate surface area is 93.5 Å². The molecule has 0 fully saturated rings. The average molecular weight is 222 g/mol. The number of alkyl halides is 1. The van der Waals surface area contributed by atoms with Crippen LogP contribution in [0.4, 0.5) is 0 Å². The highest BCUT2D eigenvalue weighted by atomic mass is 35.5. The number of H-pyrrole nitrogens is 1. The summed E-state index contributed by atoms with van der Waals surface area (Å²) in [5, 5.41) is 7.20. The smallest absolute Gasteiger partial charge is 0.111 e. The molecular weight excluding hydrogens is 210 g/mol. The lowest BCUT2D eigenvalue weighted by Gasteiger charge is -1.92. The van der Waals surface area contributed by atoms with Crippen molar-refractivity contribution in [3.05, 3.63) is 36.2 Å². The summed E-state index contributed by atoms with van der Waals surface area (Å²) < 4.78 is 0. The van der Waals surface area contributed by atoms with E-state index >= 15 is 0 Å². The normalized spacial score (nSPS) is 10.5. The molecular formula is C11H12ClN3. The first kappa shape index (κ1) is 10.2. The van der Waals surface area contributed by atoms with Gasteiger partial charge in [0.15, 0.2) is 0 Å². The summed E-state index contributed by atoms with van der Waals surface area (Å²) in [4.78, 5) is 4.23. The molecule has 1 N–H and O–H groups in total. The average Bonchev–Trinajstić information content (AvgIpc) is 2.76. The fraction of sp³-hybridized carbons (Fsp3) is 0.273. The fourth-order valence-corrected chi connectivity index (χ4v) is 1.53. The molecule has 0 bridgehead atoms. The highest BCUT2D eigenvalue weighted by Gasteiger charge is 2.03. The molecule has 0 saturated heterocycles. The largest absolute Gasteiger partial charge is 0.282 e. The highest BCUT2D eigenvalue weighted by Crippen LogP contribution is 2.14. The monoisotopic (exact) mass is 221 g/mol. The minimum absolute atomic E-state index is 0.679. The van der Waals surface area contributed by atoms with E-state index in [0.717, 1.165) is 29.9 Å². The van der Waals surface area contributed by atoms with Gasteiger partial charge < -0.3 is 0 Å². The highest BCUT2D eigenvalue weighted by molar-refractivity contribution is 6.17. The van der Waals surface area contributed by atoms with Crippen molar-refractivity contribution in [2.75, 3.05) is 5.88 Å². The number of rotatable bonds is 4. The predicted molar refractivity (Wildman–Crippen MR) is 60.9 cm³/mol. The van der Waals surface area contributed by atoms with E-state index in [0.29, 0.717) is 5.88 Å². The number of nitrogens with zero attached hydrogens (tertiary/aromatic N) is 2. The third-order valence-corrected chi connectivity index (χ3v) is 2.41. The van der Waals surface area contributed by atoms with E-state index in [4.69, 9.17) is 11.6 Å². The zero-order valence-corrected chi connectivity index (χ0v) is 9.04. The Morgan fingerprint density at radius 1 is 1.27 bits per heavy atom. The minimum Gasteiger partial charge on any atom is -0.282 e. The van der Waals surface area contributed by atoms with Crippen LogP contribution in [0.2, 0.25) is 0 Å². The van der Waals surface area contributed by atoms with Crippen LogP contribution in [0.5, 0.6) is 0 Å². The van der Waals surface area contributed by atoms with Gasteiger partial charge in [0, 0.05) is 17.8 Å². The summed E-state index contributed by atoms with van der Waals surface area (Å²) in [5.74, 6) is 0.679. The van der Waals surface area contributed by atoms with Crippen molar-refractivity contribution < 1.29 is 0 Å². The summed E-state index contributed by atoms with van der Waals surface area (Å²) in [7, 11) is 0. The predicted octanol–water partition coefficient (Wildman–Crippen LogP) is 2.64. The molecule has 0 unspecified atom stereocenters. The molecule has 0 radical (unpaired) electrons. The van der Waals surface area contributed by atoms with Gasteiger partial charge in [-0.15, -0.1) is 11.6 Å². The second kappa shape index (κ2) is 4.94. The molecule has 78 valence electrons. The van der Waals surface area contributed by atoms with E-state index in [9.17, 15) is 0 Å². The van der Waals surface area contributed by atoms with E-state index < -0.39 is 0 Å². The van der Waals surface area contributed by atoms with Crippen molar-refractivity contribution in [3.8, 4) is 11.4 Å². The van der Waals surface area contributed by atoms with E-state index in [1.807, 2.05) is 24.3 Å². The molecule has 2 aromatic heterocycles. The quantitative estimate of drug-likeness (QED) is 0.807. The van der Waals surface area contributed by atoms with Crippen molar-refractivity contribution in [2.24, 2.45) is 0 Å². The maximum absolute atomic E-state index is 5.63. The van der Waals surface area contributed by atoms with Gasteiger partial charge in [-0.1, -0.05) is 6.07 Å². The zero-order valence-electron chi connectivity index (χ0n) is 8.28. The van der Waals surface area contributed by atoms with Gasteiger partial charge in [0.25, 0.3) is 0 Å². The molecule has 0 aliphatic heterocycles. The van der Waals surface area contributed by atoms with Gasteiger partial charge >= 0.3 is 0 Å². The molecule has 2 rings (SSSR count). The molecule has 2 heterocycles. The van der Waals surface area contributed by atoms with Gasteiger partial charge in [-0.05, 0) is 31.0 Å². The van der Waals surface area contributed by atoms with Crippen LogP contribution in [0.3, 0.4) is 0 Å². The zero-order chi connectivity index (χ0) is 10.5. The minimum atomic E-state index is 0.679. The molecule has 0 saturated carbocycles. The second-order valence-electron chi connectivity index (χ2n) is 3.29. The van der Waals surface area contributed by atoms with Gasteiger partial charge in [0.2, 0.25) is 0 Å². The summed E-state index contributed by atoms with van der Waals surface area (Å²) in [5.41, 5.74) is 2.89. The third kappa shape index (κ3) is 2.57. The van der Waals surface area contributed by atoms with Gasteiger partial charge in [-0.25, -0.2) is 0 Å². The lowest BCUT2D eigenvalue weighted by Crippen LogP contribution is -1.85. The maximum Gasteiger partial charge on any atom is 0.111 e. The first-order valence-electron chi connectivity index (χ1n) is 4.92. The van der Waals surface area contributed by atoms with Crippen molar-refractivity contribution >= 4 is 11.6 Å². The number of aryl methyl sites for hydroxylation is 1. The topological polar surface area (TPSA) is 41.6 Å². The Kier molecular flexibility index (Phi) is 3.35. The Hall–Kier alpha value is -1.35. The van der Waals surface area contributed by atoms with Crippen LogP contribution >= 0.6 is 11.6 Å². The van der Waals surface area contributed by atoms with Crippen LogP contribution in [0.15, 0.2) is 30.5 Å². The van der Waals surface area contributed by atoms with E-state index in [1.165, 1.54) is 0 Å². The summed E-state index contributed by atoms with van der Waals surface area (Å²) in [6.07, 6.45) is 3.66. The molecule has 3 nitrogen and oxygen atoms in total. The molecule has 0 atom stereocenters. The second-order valence-corrected chi connectivity index (χ2v) is 3.66. The van der Waals surface area contributed by atoms with E-state index in [2.05, 4.69) is 15.2 Å². The standard InChI is InChI=1S/C11H12ClN3/c12-6-3-4-9-8-11(15-14-9)10-5-1-2-7-13-10/h1-2,5,7-8H,3-4,6H2,(H,14,15). The van der Waals surface area contributed by atoms with Crippen molar-refractivity contribution in [1.82, 2.24) is 15.2 Å². The van der Waals surface area contributed by atoms with E-state index in [1.54, 1.807) is 6.20 Å². The van der Waals surface area contributed by atoms with Crippen molar-refractivity contribution in [3.63, 3.8) is 0 Å². The van der Waals surface area contributed by atoms with Gasteiger partial charge in [-0.2, -0.15) is 5.10 Å². The van der Waals surface area contributed by atoms with Crippen LogP contribution < -0.4 is 0 Å². The number of aromatic amines is 1. The van der Waals surface area contributed by atoms with Crippen molar-refractivity contribution in [2.45, 2.75) is 12.8 Å². The van der Waals surface area contributed by atoms with Crippen LogP contribution in [-0.4, -0.2) is 21.1 Å². The molecule has 0 spiro atoms. The SMILES string of the molecule is ClCCCc1cc(-c2ccccn2)n[nH]1. The Bertz CT molecular complexity index is 411. The number of hydrogen-bond acceptors (Lipinski definition) is 2. The molecule has 4 heteroatoms.